The van der Waals surface area contributed by atoms with Crippen LogP contribution in [0.4, 0.5) is 0 Å². The van der Waals surface area contributed by atoms with E-state index in [2.05, 4.69) is 0 Å². The molecule has 1 aliphatic rings. The Bertz CT molecular complexity index is 412. The molecule has 0 aromatic heterocycles. The summed E-state index contributed by atoms with van der Waals surface area (Å²) in [6.07, 6.45) is 2.49. The first-order valence-corrected chi connectivity index (χ1v) is 6.98. The molecule has 98 valence electrons. The highest BCUT2D eigenvalue weighted by molar-refractivity contribution is 6.30. The van der Waals surface area contributed by atoms with Gasteiger partial charge in [0, 0.05) is 24.0 Å². The molecule has 18 heavy (non-hydrogen) atoms. The summed E-state index contributed by atoms with van der Waals surface area (Å²) in [6.45, 7) is 0.815. The van der Waals surface area contributed by atoms with Gasteiger partial charge in [-0.1, -0.05) is 23.7 Å². The maximum atomic E-state index is 12.0. The van der Waals surface area contributed by atoms with Gasteiger partial charge in [-0.15, -0.1) is 11.6 Å². The van der Waals surface area contributed by atoms with Crippen molar-refractivity contribution < 1.29 is 4.79 Å². The van der Waals surface area contributed by atoms with Gasteiger partial charge in [0.05, 0.1) is 6.42 Å². The van der Waals surface area contributed by atoms with Gasteiger partial charge >= 0.3 is 0 Å². The molecule has 0 bridgehead atoms. The Morgan fingerprint density at radius 1 is 1.33 bits per heavy atom. The Balaban J connectivity index is 1.81. The van der Waals surface area contributed by atoms with Crippen molar-refractivity contribution in [3.05, 3.63) is 34.9 Å². The van der Waals surface area contributed by atoms with Crippen LogP contribution in [0.3, 0.4) is 0 Å². The second kappa shape index (κ2) is 5.94. The number of halogens is 2. The topological polar surface area (TPSA) is 20.3 Å². The molecular weight excluding hydrogens is 269 g/mol. The minimum absolute atomic E-state index is 0.148. The van der Waals surface area contributed by atoms with E-state index in [0.29, 0.717) is 22.7 Å². The maximum absolute atomic E-state index is 12.0. The minimum atomic E-state index is 0.148. The number of likely N-dealkylation sites (N-methyl/N-ethyl adjacent to an activating group) is 1. The van der Waals surface area contributed by atoms with Gasteiger partial charge in [-0.25, -0.2) is 0 Å². The maximum Gasteiger partial charge on any atom is 0.226 e. The van der Waals surface area contributed by atoms with E-state index in [1.54, 1.807) is 0 Å². The van der Waals surface area contributed by atoms with Crippen molar-refractivity contribution in [2.75, 3.05) is 13.6 Å². The lowest BCUT2D eigenvalue weighted by Gasteiger charge is -2.34. The Labute approximate surface area is 118 Å². The fourth-order valence-electron chi connectivity index (χ4n) is 2.20. The van der Waals surface area contributed by atoms with E-state index in [0.717, 1.165) is 24.9 Å². The monoisotopic (exact) mass is 285 g/mol. The van der Waals surface area contributed by atoms with E-state index in [4.69, 9.17) is 23.2 Å². The molecule has 1 aromatic carbocycles. The van der Waals surface area contributed by atoms with Crippen LogP contribution < -0.4 is 0 Å². The molecule has 1 saturated carbocycles. The van der Waals surface area contributed by atoms with Crippen molar-refractivity contribution in [1.29, 1.82) is 0 Å². The summed E-state index contributed by atoms with van der Waals surface area (Å²) in [7, 11) is 1.86. The summed E-state index contributed by atoms with van der Waals surface area (Å²) >= 11 is 11.7. The van der Waals surface area contributed by atoms with Crippen LogP contribution in [0.25, 0.3) is 0 Å². The van der Waals surface area contributed by atoms with Gasteiger partial charge in [0.25, 0.3) is 0 Å². The fourth-order valence-corrected chi connectivity index (χ4v) is 2.83. The molecular formula is C14H17Cl2NO. The summed E-state index contributed by atoms with van der Waals surface area (Å²) in [4.78, 5) is 13.8. The third-order valence-electron chi connectivity index (χ3n) is 3.40. The van der Waals surface area contributed by atoms with Crippen molar-refractivity contribution in [3.8, 4) is 0 Å². The van der Waals surface area contributed by atoms with Crippen molar-refractivity contribution in [3.63, 3.8) is 0 Å². The zero-order valence-electron chi connectivity index (χ0n) is 10.4. The number of rotatable bonds is 4. The van der Waals surface area contributed by atoms with Crippen molar-refractivity contribution >= 4 is 29.1 Å². The number of amides is 1. The van der Waals surface area contributed by atoms with Crippen molar-refractivity contribution in [2.45, 2.75) is 24.6 Å². The molecule has 2 rings (SSSR count). The van der Waals surface area contributed by atoms with E-state index in [1.165, 1.54) is 0 Å². The molecule has 1 aliphatic carbocycles. The van der Waals surface area contributed by atoms with Gasteiger partial charge in [-0.3, -0.25) is 4.79 Å². The summed E-state index contributed by atoms with van der Waals surface area (Å²) in [5.41, 5.74) is 1.00. The van der Waals surface area contributed by atoms with Gasteiger partial charge in [0.2, 0.25) is 5.91 Å². The zero-order valence-corrected chi connectivity index (χ0v) is 11.9. The van der Waals surface area contributed by atoms with Crippen molar-refractivity contribution in [2.24, 2.45) is 5.92 Å². The van der Waals surface area contributed by atoms with Gasteiger partial charge < -0.3 is 4.90 Å². The minimum Gasteiger partial charge on any atom is -0.345 e. The molecule has 0 radical (unpaired) electrons. The Morgan fingerprint density at radius 3 is 2.50 bits per heavy atom. The molecule has 0 atom stereocenters. The first-order chi connectivity index (χ1) is 8.54. The molecule has 2 nitrogen and oxygen atoms in total. The van der Waals surface area contributed by atoms with Crippen LogP contribution in [0.1, 0.15) is 18.4 Å². The average Bonchev–Trinajstić information content (AvgIpc) is 2.30. The lowest BCUT2D eigenvalue weighted by Crippen LogP contribution is -2.38. The van der Waals surface area contributed by atoms with E-state index in [1.807, 2.05) is 36.2 Å². The predicted octanol–water partition coefficient (Wildman–Crippen LogP) is 3.36. The lowest BCUT2D eigenvalue weighted by molar-refractivity contribution is -0.130. The van der Waals surface area contributed by atoms with Crippen LogP contribution in [-0.4, -0.2) is 29.8 Å². The Hall–Kier alpha value is -0.730. The third-order valence-corrected chi connectivity index (χ3v) is 4.01. The Kier molecular flexibility index (Phi) is 4.52. The number of carbonyl (C=O) groups excluding carboxylic acids is 1. The standard InChI is InChI=1S/C14H17Cl2NO/c1-17(9-11-6-13(16)7-11)14(18)8-10-2-4-12(15)5-3-10/h2-5,11,13H,6-9H2,1H3. The quantitative estimate of drug-likeness (QED) is 0.777. The van der Waals surface area contributed by atoms with Crippen LogP contribution in [0.15, 0.2) is 24.3 Å². The van der Waals surface area contributed by atoms with Gasteiger partial charge in [0.15, 0.2) is 0 Å². The summed E-state index contributed by atoms with van der Waals surface area (Å²) in [5, 5.41) is 1.01. The number of alkyl halides is 1. The molecule has 0 heterocycles. The molecule has 4 heteroatoms. The number of carbonyl (C=O) groups is 1. The molecule has 1 amide bonds. The second-order valence-electron chi connectivity index (χ2n) is 5.01. The van der Waals surface area contributed by atoms with Crippen LogP contribution in [0.5, 0.6) is 0 Å². The van der Waals surface area contributed by atoms with Crippen LogP contribution >= 0.6 is 23.2 Å². The number of hydrogen-bond donors (Lipinski definition) is 0. The lowest BCUT2D eigenvalue weighted by atomic mass is 9.84. The zero-order chi connectivity index (χ0) is 13.1. The first-order valence-electron chi connectivity index (χ1n) is 6.17. The highest BCUT2D eigenvalue weighted by Crippen LogP contribution is 2.32. The first kappa shape index (κ1) is 13.7. The highest BCUT2D eigenvalue weighted by atomic mass is 35.5. The SMILES string of the molecule is CN(CC1CC(Cl)C1)C(=O)Cc1ccc(Cl)cc1. The van der Waals surface area contributed by atoms with E-state index in [9.17, 15) is 4.79 Å². The van der Waals surface area contributed by atoms with E-state index < -0.39 is 0 Å². The molecule has 0 aliphatic heterocycles. The number of benzene rings is 1. The van der Waals surface area contributed by atoms with Gasteiger partial charge in [-0.2, -0.15) is 0 Å². The van der Waals surface area contributed by atoms with Crippen LogP contribution in [-0.2, 0) is 11.2 Å². The summed E-state index contributed by atoms with van der Waals surface area (Å²) < 4.78 is 0. The average molecular weight is 286 g/mol. The molecule has 0 saturated heterocycles. The van der Waals surface area contributed by atoms with Gasteiger partial charge in [0.1, 0.15) is 0 Å². The molecule has 1 fully saturated rings. The summed E-state index contributed by atoms with van der Waals surface area (Å²) in [5.74, 6) is 0.724. The number of hydrogen-bond acceptors (Lipinski definition) is 1. The highest BCUT2D eigenvalue weighted by Gasteiger charge is 2.28. The normalized spacial score (nSPS) is 22.4. The number of nitrogens with zero attached hydrogens (tertiary/aromatic N) is 1. The van der Waals surface area contributed by atoms with E-state index >= 15 is 0 Å². The molecule has 0 N–H and O–H groups in total. The van der Waals surface area contributed by atoms with Crippen molar-refractivity contribution in [1.82, 2.24) is 4.90 Å². The van der Waals surface area contributed by atoms with Gasteiger partial charge in [-0.05, 0) is 36.5 Å². The van der Waals surface area contributed by atoms with Crippen LogP contribution in [0, 0.1) is 5.92 Å². The smallest absolute Gasteiger partial charge is 0.226 e. The fraction of sp³-hybridized carbons (Fsp3) is 0.500. The molecule has 0 spiro atoms. The largest absolute Gasteiger partial charge is 0.345 e. The predicted molar refractivity (Wildman–Crippen MR) is 75.2 cm³/mol. The Morgan fingerprint density at radius 2 is 1.94 bits per heavy atom. The third kappa shape index (κ3) is 3.63. The molecule has 0 unspecified atom stereocenters. The van der Waals surface area contributed by atoms with E-state index in [-0.39, 0.29) is 5.91 Å². The second-order valence-corrected chi connectivity index (χ2v) is 6.07. The molecule has 1 aromatic rings. The summed E-state index contributed by atoms with van der Waals surface area (Å²) in [6, 6.07) is 7.42. The van der Waals surface area contributed by atoms with Crippen LogP contribution in [0.2, 0.25) is 5.02 Å².